The zero-order valence-corrected chi connectivity index (χ0v) is 10.8. The Morgan fingerprint density at radius 1 is 1.44 bits per heavy atom. The van der Waals surface area contributed by atoms with Crippen molar-refractivity contribution in [2.24, 2.45) is 5.41 Å². The van der Waals surface area contributed by atoms with E-state index in [1.54, 1.807) is 24.5 Å². The lowest BCUT2D eigenvalue weighted by molar-refractivity contribution is -0.403. The predicted molar refractivity (Wildman–Crippen MR) is 70.4 cm³/mol. The van der Waals surface area contributed by atoms with E-state index in [9.17, 15) is 10.1 Å². The molecule has 0 amide bonds. The molecule has 0 atom stereocenters. The lowest BCUT2D eigenvalue weighted by atomic mass is 9.97. The third kappa shape index (κ3) is 5.83. The first-order valence-corrected chi connectivity index (χ1v) is 5.63. The van der Waals surface area contributed by atoms with Crippen LogP contribution in [0.15, 0.2) is 36.5 Å². The van der Waals surface area contributed by atoms with Crippen molar-refractivity contribution in [2.75, 3.05) is 11.9 Å². The van der Waals surface area contributed by atoms with Crippen LogP contribution in [0.3, 0.4) is 0 Å². The third-order valence-corrected chi connectivity index (χ3v) is 2.00. The van der Waals surface area contributed by atoms with Gasteiger partial charge in [-0.15, -0.1) is 0 Å². The van der Waals surface area contributed by atoms with Gasteiger partial charge in [-0.1, -0.05) is 20.8 Å². The number of anilines is 1. The second-order valence-corrected chi connectivity index (χ2v) is 5.10. The predicted octanol–water partition coefficient (Wildman–Crippen LogP) is 2.20. The molecule has 1 rings (SSSR count). The van der Waals surface area contributed by atoms with Crippen LogP contribution < -0.4 is 10.6 Å². The maximum absolute atomic E-state index is 10.6. The van der Waals surface area contributed by atoms with Crippen molar-refractivity contribution >= 4 is 5.69 Å². The second-order valence-electron chi connectivity index (χ2n) is 5.10. The normalized spacial score (nSPS) is 12.1. The maximum atomic E-state index is 10.6. The Bertz CT molecular complexity index is 423. The molecule has 2 N–H and O–H groups in total. The minimum atomic E-state index is -0.487. The van der Waals surface area contributed by atoms with Crippen LogP contribution in [-0.4, -0.2) is 16.5 Å². The first-order chi connectivity index (χ1) is 8.37. The molecule has 0 spiro atoms. The van der Waals surface area contributed by atoms with E-state index >= 15 is 0 Å². The minimum Gasteiger partial charge on any atom is -0.366 e. The summed E-state index contributed by atoms with van der Waals surface area (Å²) in [4.78, 5) is 14.0. The van der Waals surface area contributed by atoms with E-state index in [0.29, 0.717) is 12.4 Å². The summed E-state index contributed by atoms with van der Waals surface area (Å²) in [5.74, 6) is 0.362. The summed E-state index contributed by atoms with van der Waals surface area (Å²) in [6.45, 7) is 6.79. The van der Waals surface area contributed by atoms with E-state index in [-0.39, 0.29) is 5.41 Å². The van der Waals surface area contributed by atoms with Crippen molar-refractivity contribution in [3.63, 3.8) is 0 Å². The van der Waals surface area contributed by atoms with Gasteiger partial charge in [-0.2, -0.15) is 0 Å². The number of pyridine rings is 1. The number of hydrogen-bond acceptors (Lipinski definition) is 5. The standard InChI is InChI=1S/C12H18N4O2/c1-12(2,3)9-14-11(8-16(17)18)15-10-4-6-13-7-5-10/h4-8,14H,9H2,1-3H3,(H,13,15)/b11-8+. The number of nitro groups is 1. The van der Waals surface area contributed by atoms with Gasteiger partial charge in [0, 0.05) is 24.6 Å². The van der Waals surface area contributed by atoms with Crippen LogP contribution >= 0.6 is 0 Å². The molecule has 1 aromatic heterocycles. The van der Waals surface area contributed by atoms with Crippen molar-refractivity contribution in [3.05, 3.63) is 46.7 Å². The molecule has 0 radical (unpaired) electrons. The Labute approximate surface area is 106 Å². The average Bonchev–Trinajstić information content (AvgIpc) is 2.25. The Kier molecular flexibility index (Phi) is 4.65. The number of rotatable bonds is 5. The second kappa shape index (κ2) is 6.00. The molecule has 1 heterocycles. The van der Waals surface area contributed by atoms with Crippen LogP contribution in [0.5, 0.6) is 0 Å². The van der Waals surface area contributed by atoms with Crippen molar-refractivity contribution in [1.82, 2.24) is 10.3 Å². The fourth-order valence-corrected chi connectivity index (χ4v) is 1.18. The molecular formula is C12H18N4O2. The molecule has 0 fully saturated rings. The molecule has 0 bridgehead atoms. The Hall–Kier alpha value is -2.11. The van der Waals surface area contributed by atoms with Crippen LogP contribution in [0.25, 0.3) is 0 Å². The Morgan fingerprint density at radius 3 is 2.56 bits per heavy atom. The van der Waals surface area contributed by atoms with E-state index in [0.717, 1.165) is 11.9 Å². The smallest absolute Gasteiger partial charge is 0.274 e. The van der Waals surface area contributed by atoms with Crippen LogP contribution in [0.2, 0.25) is 0 Å². The average molecular weight is 250 g/mol. The third-order valence-electron chi connectivity index (χ3n) is 2.00. The quantitative estimate of drug-likeness (QED) is 0.618. The summed E-state index contributed by atoms with van der Waals surface area (Å²) in [6.07, 6.45) is 4.16. The summed E-state index contributed by atoms with van der Waals surface area (Å²) in [5.41, 5.74) is 0.787. The highest BCUT2D eigenvalue weighted by molar-refractivity contribution is 5.45. The number of aromatic nitrogens is 1. The first kappa shape index (κ1) is 14.0. The van der Waals surface area contributed by atoms with Crippen molar-refractivity contribution in [2.45, 2.75) is 20.8 Å². The summed E-state index contributed by atoms with van der Waals surface area (Å²) in [6, 6.07) is 3.49. The van der Waals surface area contributed by atoms with Gasteiger partial charge in [0.25, 0.3) is 6.20 Å². The molecule has 0 saturated heterocycles. The van der Waals surface area contributed by atoms with Gasteiger partial charge < -0.3 is 10.6 Å². The maximum Gasteiger partial charge on any atom is 0.274 e. The molecular weight excluding hydrogens is 232 g/mol. The molecule has 0 aliphatic rings. The summed E-state index contributed by atoms with van der Waals surface area (Å²) in [5, 5.41) is 16.5. The molecule has 0 saturated carbocycles. The van der Waals surface area contributed by atoms with Crippen LogP contribution in [0, 0.1) is 15.5 Å². The molecule has 1 aromatic rings. The van der Waals surface area contributed by atoms with E-state index in [4.69, 9.17) is 0 Å². The monoisotopic (exact) mass is 250 g/mol. The van der Waals surface area contributed by atoms with Gasteiger partial charge in [0.2, 0.25) is 0 Å². The summed E-state index contributed by atoms with van der Waals surface area (Å²) < 4.78 is 0. The van der Waals surface area contributed by atoms with Gasteiger partial charge in [-0.3, -0.25) is 15.1 Å². The summed E-state index contributed by atoms with van der Waals surface area (Å²) >= 11 is 0. The first-order valence-electron chi connectivity index (χ1n) is 5.63. The topological polar surface area (TPSA) is 80.1 Å². The van der Waals surface area contributed by atoms with Gasteiger partial charge in [0.05, 0.1) is 4.92 Å². The van der Waals surface area contributed by atoms with E-state index in [1.807, 2.05) is 0 Å². The molecule has 0 aliphatic carbocycles. The zero-order chi connectivity index (χ0) is 13.6. The molecule has 6 heteroatoms. The number of nitrogens with zero attached hydrogens (tertiary/aromatic N) is 2. The molecule has 0 aromatic carbocycles. The number of hydrogen-bond donors (Lipinski definition) is 2. The lowest BCUT2D eigenvalue weighted by Gasteiger charge is -2.20. The van der Waals surface area contributed by atoms with Crippen LogP contribution in [-0.2, 0) is 0 Å². The van der Waals surface area contributed by atoms with E-state index < -0.39 is 4.92 Å². The molecule has 18 heavy (non-hydrogen) atoms. The highest BCUT2D eigenvalue weighted by atomic mass is 16.6. The fourth-order valence-electron chi connectivity index (χ4n) is 1.18. The largest absolute Gasteiger partial charge is 0.366 e. The van der Waals surface area contributed by atoms with Gasteiger partial charge in [0.1, 0.15) is 0 Å². The van der Waals surface area contributed by atoms with Gasteiger partial charge >= 0.3 is 0 Å². The van der Waals surface area contributed by atoms with Gasteiger partial charge in [-0.05, 0) is 17.5 Å². The van der Waals surface area contributed by atoms with Gasteiger partial charge in [0.15, 0.2) is 5.82 Å². The minimum absolute atomic E-state index is 0.0373. The van der Waals surface area contributed by atoms with Crippen molar-refractivity contribution < 1.29 is 4.92 Å². The Balaban J connectivity index is 2.71. The molecule has 0 aliphatic heterocycles. The van der Waals surface area contributed by atoms with Crippen LogP contribution in [0.1, 0.15) is 20.8 Å². The highest BCUT2D eigenvalue weighted by Crippen LogP contribution is 2.12. The van der Waals surface area contributed by atoms with E-state index in [1.165, 1.54) is 0 Å². The van der Waals surface area contributed by atoms with Gasteiger partial charge in [-0.25, -0.2) is 0 Å². The van der Waals surface area contributed by atoms with Crippen LogP contribution in [0.4, 0.5) is 5.69 Å². The van der Waals surface area contributed by atoms with Crippen molar-refractivity contribution in [1.29, 1.82) is 0 Å². The van der Waals surface area contributed by atoms with E-state index in [2.05, 4.69) is 36.4 Å². The van der Waals surface area contributed by atoms with Crippen molar-refractivity contribution in [3.8, 4) is 0 Å². The molecule has 98 valence electrons. The number of nitrogens with one attached hydrogen (secondary N) is 2. The Morgan fingerprint density at radius 2 is 2.06 bits per heavy atom. The lowest BCUT2D eigenvalue weighted by Crippen LogP contribution is -2.29. The molecule has 0 unspecified atom stereocenters. The highest BCUT2D eigenvalue weighted by Gasteiger charge is 2.12. The summed E-state index contributed by atoms with van der Waals surface area (Å²) in [7, 11) is 0. The zero-order valence-electron chi connectivity index (χ0n) is 10.8. The SMILES string of the molecule is CC(C)(C)CN/C(=C\[N+](=O)[O-])Nc1ccncc1. The fraction of sp³-hybridized carbons (Fsp3) is 0.417. The molecule has 6 nitrogen and oxygen atoms in total.